The highest BCUT2D eigenvalue weighted by atomic mass is 32.2. The molecule has 0 bridgehead atoms. The summed E-state index contributed by atoms with van der Waals surface area (Å²) in [6, 6.07) is 4.10. The summed E-state index contributed by atoms with van der Waals surface area (Å²) in [6.45, 7) is 1.74. The average molecular weight is 284 g/mol. The number of nitrogens with one attached hydrogen (secondary N) is 1. The number of thioether (sulfide) groups is 1. The smallest absolute Gasteiger partial charge is 0.232 e. The van der Waals surface area contributed by atoms with Crippen molar-refractivity contribution in [3.8, 4) is 0 Å². The molecule has 0 aliphatic carbocycles. The first-order valence-electron chi connectivity index (χ1n) is 5.90. The van der Waals surface area contributed by atoms with Crippen LogP contribution in [0.5, 0.6) is 0 Å². The molecule has 0 aromatic carbocycles. The molecule has 6 heteroatoms. The molecule has 1 aromatic rings. The minimum Gasteiger partial charge on any atom is -0.354 e. The molecule has 0 spiro atoms. The Morgan fingerprint density at radius 2 is 2.39 bits per heavy atom. The van der Waals surface area contributed by atoms with Crippen molar-refractivity contribution in [3.63, 3.8) is 0 Å². The molecule has 1 aromatic heterocycles. The topological polar surface area (TPSA) is 49.4 Å². The molecule has 0 unspecified atom stereocenters. The Kier molecular flexibility index (Phi) is 5.07. The van der Waals surface area contributed by atoms with Gasteiger partial charge in [0.25, 0.3) is 0 Å². The monoisotopic (exact) mass is 284 g/mol. The molecule has 0 radical (unpaired) electrons. The molecule has 1 saturated heterocycles. The molecule has 1 aliphatic rings. The molecule has 18 heavy (non-hydrogen) atoms. The molecule has 0 saturated carbocycles. The Labute approximate surface area is 115 Å². The van der Waals surface area contributed by atoms with Gasteiger partial charge < -0.3 is 10.2 Å². The fraction of sp³-hybridized carbons (Fsp3) is 0.500. The number of nitrogens with zero attached hydrogens (tertiary/aromatic N) is 1. The van der Waals surface area contributed by atoms with Crippen LogP contribution in [-0.2, 0) is 15.3 Å². The molecule has 0 atom stereocenters. The van der Waals surface area contributed by atoms with Gasteiger partial charge in [0.15, 0.2) is 0 Å². The number of hydrogen-bond donors (Lipinski definition) is 1. The summed E-state index contributed by atoms with van der Waals surface area (Å²) < 4.78 is 0. The average Bonchev–Trinajstić information content (AvgIpc) is 2.77. The van der Waals surface area contributed by atoms with Crippen LogP contribution in [0.3, 0.4) is 0 Å². The number of carbonyl (C=O) groups is 2. The fourth-order valence-electron chi connectivity index (χ4n) is 1.74. The first kappa shape index (κ1) is 13.4. The van der Waals surface area contributed by atoms with Gasteiger partial charge in [0.05, 0.1) is 5.75 Å². The summed E-state index contributed by atoms with van der Waals surface area (Å²) >= 11 is 3.35. The second-order valence-corrected chi connectivity index (χ2v) is 6.07. The molecule has 2 amide bonds. The van der Waals surface area contributed by atoms with E-state index in [0.717, 1.165) is 5.75 Å². The van der Waals surface area contributed by atoms with Crippen LogP contribution >= 0.6 is 23.1 Å². The van der Waals surface area contributed by atoms with E-state index >= 15 is 0 Å². The quantitative estimate of drug-likeness (QED) is 0.907. The van der Waals surface area contributed by atoms with Crippen molar-refractivity contribution in [1.29, 1.82) is 0 Å². The molecule has 1 aliphatic heterocycles. The third-order valence-corrected chi connectivity index (χ3v) is 4.74. The van der Waals surface area contributed by atoms with Crippen LogP contribution in [0.1, 0.15) is 11.3 Å². The third kappa shape index (κ3) is 4.03. The minimum atomic E-state index is 0.0385. The van der Waals surface area contributed by atoms with Gasteiger partial charge in [-0.2, -0.15) is 0 Å². The van der Waals surface area contributed by atoms with Gasteiger partial charge >= 0.3 is 0 Å². The molecule has 2 rings (SSSR count). The van der Waals surface area contributed by atoms with Gasteiger partial charge in [0.1, 0.15) is 0 Å². The van der Waals surface area contributed by atoms with Gasteiger partial charge in [-0.1, -0.05) is 6.07 Å². The Bertz CT molecular complexity index is 406. The van der Waals surface area contributed by atoms with E-state index in [0.29, 0.717) is 31.8 Å². The maximum Gasteiger partial charge on any atom is 0.232 e. The Morgan fingerprint density at radius 3 is 3.17 bits per heavy atom. The van der Waals surface area contributed by atoms with Crippen LogP contribution in [0.15, 0.2) is 17.5 Å². The molecule has 1 N–H and O–H groups in total. The maximum atomic E-state index is 12.0. The zero-order chi connectivity index (χ0) is 12.8. The van der Waals surface area contributed by atoms with E-state index in [9.17, 15) is 9.59 Å². The molecule has 4 nitrogen and oxygen atoms in total. The van der Waals surface area contributed by atoms with Gasteiger partial charge in [-0.25, -0.2) is 0 Å². The van der Waals surface area contributed by atoms with E-state index in [4.69, 9.17) is 0 Å². The van der Waals surface area contributed by atoms with Crippen LogP contribution in [0.2, 0.25) is 0 Å². The maximum absolute atomic E-state index is 12.0. The largest absolute Gasteiger partial charge is 0.354 e. The lowest BCUT2D eigenvalue weighted by molar-refractivity contribution is -0.128. The van der Waals surface area contributed by atoms with Crippen molar-refractivity contribution in [2.45, 2.75) is 12.2 Å². The zero-order valence-corrected chi connectivity index (χ0v) is 11.7. The van der Waals surface area contributed by atoms with Crippen LogP contribution in [0, 0.1) is 0 Å². The first-order valence-corrected chi connectivity index (χ1v) is 7.94. The second kappa shape index (κ2) is 6.80. The molecular formula is C12H16N2O2S2. The first-order chi connectivity index (χ1) is 8.75. The molecule has 1 fully saturated rings. The van der Waals surface area contributed by atoms with Crippen molar-refractivity contribution in [3.05, 3.63) is 22.4 Å². The molecular weight excluding hydrogens is 268 g/mol. The van der Waals surface area contributed by atoms with Crippen LogP contribution in [0.25, 0.3) is 0 Å². The van der Waals surface area contributed by atoms with E-state index in [1.807, 2.05) is 11.4 Å². The Balaban J connectivity index is 1.72. The number of hydrogen-bond acceptors (Lipinski definition) is 4. The van der Waals surface area contributed by atoms with Gasteiger partial charge in [0.2, 0.25) is 11.8 Å². The SMILES string of the molecule is O=C1CCN(C(=O)CSCc2cccs2)CCN1. The number of thiophene rings is 1. The van der Waals surface area contributed by atoms with Crippen LogP contribution < -0.4 is 5.32 Å². The van der Waals surface area contributed by atoms with Crippen molar-refractivity contribution in [2.75, 3.05) is 25.4 Å². The van der Waals surface area contributed by atoms with Gasteiger partial charge in [0, 0.05) is 36.7 Å². The lowest BCUT2D eigenvalue weighted by Crippen LogP contribution is -2.35. The van der Waals surface area contributed by atoms with Gasteiger partial charge in [-0.05, 0) is 11.4 Å². The predicted molar refractivity (Wildman–Crippen MR) is 74.7 cm³/mol. The number of amides is 2. The highest BCUT2D eigenvalue weighted by Gasteiger charge is 2.17. The molecule has 98 valence electrons. The van der Waals surface area contributed by atoms with E-state index in [1.54, 1.807) is 28.0 Å². The Hall–Kier alpha value is -1.01. The highest BCUT2D eigenvalue weighted by Crippen LogP contribution is 2.17. The van der Waals surface area contributed by atoms with Crippen LogP contribution in [0.4, 0.5) is 0 Å². The standard InChI is InChI=1S/C12H16N2O2S2/c15-11-3-5-14(6-4-13-11)12(16)9-17-8-10-2-1-7-18-10/h1-2,7H,3-6,8-9H2,(H,13,15). The lowest BCUT2D eigenvalue weighted by atomic mass is 10.4. The van der Waals surface area contributed by atoms with Crippen molar-refractivity contribution < 1.29 is 9.59 Å². The van der Waals surface area contributed by atoms with E-state index in [1.165, 1.54) is 4.88 Å². The van der Waals surface area contributed by atoms with E-state index in [-0.39, 0.29) is 11.8 Å². The van der Waals surface area contributed by atoms with E-state index < -0.39 is 0 Å². The summed E-state index contributed by atoms with van der Waals surface area (Å²) in [5.41, 5.74) is 0. The number of carbonyl (C=O) groups excluding carboxylic acids is 2. The number of rotatable bonds is 4. The van der Waals surface area contributed by atoms with Crippen molar-refractivity contribution in [1.82, 2.24) is 10.2 Å². The summed E-state index contributed by atoms with van der Waals surface area (Å²) in [4.78, 5) is 26.2. The lowest BCUT2D eigenvalue weighted by Gasteiger charge is -2.19. The summed E-state index contributed by atoms with van der Waals surface area (Å²) in [5, 5.41) is 4.82. The summed E-state index contributed by atoms with van der Waals surface area (Å²) in [6.07, 6.45) is 0.418. The fourth-order valence-corrected chi connectivity index (χ4v) is 3.51. The highest BCUT2D eigenvalue weighted by molar-refractivity contribution is 7.99. The third-order valence-electron chi connectivity index (χ3n) is 2.72. The van der Waals surface area contributed by atoms with Crippen molar-refractivity contribution in [2.24, 2.45) is 0 Å². The van der Waals surface area contributed by atoms with Gasteiger partial charge in [-0.15, -0.1) is 23.1 Å². The van der Waals surface area contributed by atoms with Crippen molar-refractivity contribution >= 4 is 34.9 Å². The van der Waals surface area contributed by atoms with Gasteiger partial charge in [-0.3, -0.25) is 9.59 Å². The zero-order valence-electron chi connectivity index (χ0n) is 10.1. The van der Waals surface area contributed by atoms with Crippen LogP contribution in [-0.4, -0.2) is 42.1 Å². The molecule has 2 heterocycles. The summed E-state index contributed by atoms with van der Waals surface area (Å²) in [5.74, 6) is 1.55. The van der Waals surface area contributed by atoms with E-state index in [2.05, 4.69) is 11.4 Å². The second-order valence-electron chi connectivity index (χ2n) is 4.05. The summed E-state index contributed by atoms with van der Waals surface area (Å²) in [7, 11) is 0. The normalized spacial score (nSPS) is 16.2. The predicted octanol–water partition coefficient (Wildman–Crippen LogP) is 1.33. The Morgan fingerprint density at radius 1 is 1.50 bits per heavy atom. The minimum absolute atomic E-state index is 0.0385.